The fraction of sp³-hybridized carbons (Fsp3) is 0.812. The van der Waals surface area contributed by atoms with Gasteiger partial charge in [0.2, 0.25) is 5.54 Å². The molecule has 0 spiro atoms. The molecule has 0 aromatic rings. The summed E-state index contributed by atoms with van der Waals surface area (Å²) in [6.45, 7) is 6.65. The van der Waals surface area contributed by atoms with Crippen molar-refractivity contribution in [3.63, 3.8) is 0 Å². The molecule has 0 saturated carbocycles. The fourth-order valence-electron chi connectivity index (χ4n) is 1.32. The zero-order valence-electron chi connectivity index (χ0n) is 17.3. The molecule has 0 aliphatic heterocycles. The highest BCUT2D eigenvalue weighted by molar-refractivity contribution is 5.69. The summed E-state index contributed by atoms with van der Waals surface area (Å²) in [7, 11) is 0. The molecule has 0 aromatic carbocycles. The van der Waals surface area contributed by atoms with Gasteiger partial charge in [-0.1, -0.05) is 0 Å². The molecule has 4 N–H and O–H groups in total. The summed E-state index contributed by atoms with van der Waals surface area (Å²) in [6, 6.07) is 0.986. The minimum absolute atomic E-state index is 0.486. The molecule has 2 amide bonds. The Hall–Kier alpha value is -2.43. The van der Waals surface area contributed by atoms with Crippen molar-refractivity contribution in [2.24, 2.45) is 5.73 Å². The fourth-order valence-corrected chi connectivity index (χ4v) is 1.32. The predicted octanol–water partition coefficient (Wildman–Crippen LogP) is 3.37. The number of ether oxygens (including phenoxy) is 2. The monoisotopic (exact) mass is 452 g/mol. The predicted molar refractivity (Wildman–Crippen MR) is 93.1 cm³/mol. The molecular formula is C16H26F6N4O4. The summed E-state index contributed by atoms with van der Waals surface area (Å²) in [4.78, 5) is 21.9. The molecule has 0 aromatic heterocycles. The normalized spacial score (nSPS) is 15.7. The van der Waals surface area contributed by atoms with Gasteiger partial charge in [0.25, 0.3) is 0 Å². The lowest BCUT2D eigenvalue weighted by Gasteiger charge is -2.31. The van der Waals surface area contributed by atoms with E-state index in [-0.39, 0.29) is 0 Å². The zero-order chi connectivity index (χ0) is 24.6. The Morgan fingerprint density at radius 2 is 1.27 bits per heavy atom. The first-order chi connectivity index (χ1) is 13.2. The minimum Gasteiger partial charge on any atom is -0.447 e. The average Bonchev–Trinajstić information content (AvgIpc) is 2.51. The second kappa shape index (κ2) is 11.1. The van der Waals surface area contributed by atoms with Gasteiger partial charge in [-0.25, -0.2) is 9.59 Å². The van der Waals surface area contributed by atoms with Crippen LogP contribution in [-0.4, -0.2) is 54.4 Å². The third kappa shape index (κ3) is 9.86. The van der Waals surface area contributed by atoms with Gasteiger partial charge in [0.1, 0.15) is 11.6 Å². The number of rotatable bonds is 5. The van der Waals surface area contributed by atoms with Crippen LogP contribution < -0.4 is 16.4 Å². The van der Waals surface area contributed by atoms with Crippen LogP contribution in [0.4, 0.5) is 35.9 Å². The summed E-state index contributed by atoms with van der Waals surface area (Å²) in [5.41, 5.74) is -0.409. The number of nitrogens with zero attached hydrogens (tertiary/aromatic N) is 1. The quantitative estimate of drug-likeness (QED) is 0.549. The van der Waals surface area contributed by atoms with Gasteiger partial charge in [0.05, 0.1) is 12.2 Å². The molecule has 0 bridgehead atoms. The van der Waals surface area contributed by atoms with Crippen molar-refractivity contribution in [1.29, 1.82) is 5.26 Å². The number of hydrogen-bond acceptors (Lipinski definition) is 6. The van der Waals surface area contributed by atoms with Gasteiger partial charge >= 0.3 is 24.5 Å². The molecule has 2 unspecified atom stereocenters. The van der Waals surface area contributed by atoms with Crippen molar-refractivity contribution < 1.29 is 45.4 Å². The Bertz CT molecular complexity index is 618. The number of hydrogen-bond donors (Lipinski definition) is 3. The number of alkyl halides is 6. The highest BCUT2D eigenvalue weighted by Crippen LogP contribution is 2.30. The molecule has 2 atom stereocenters. The Labute approximate surface area is 170 Å². The molecule has 0 saturated heterocycles. The molecule has 14 heteroatoms. The van der Waals surface area contributed by atoms with E-state index in [0.717, 1.165) is 13.0 Å². The van der Waals surface area contributed by atoms with Crippen molar-refractivity contribution in [3.8, 4) is 6.07 Å². The van der Waals surface area contributed by atoms with Gasteiger partial charge in [-0.3, -0.25) is 5.32 Å². The van der Waals surface area contributed by atoms with Crippen LogP contribution in [-0.2, 0) is 9.47 Å². The first kappa shape index (κ1) is 29.8. The average molecular weight is 452 g/mol. The van der Waals surface area contributed by atoms with Gasteiger partial charge in [0.15, 0.2) is 0 Å². The van der Waals surface area contributed by atoms with E-state index < -0.39 is 54.4 Å². The standard InChI is InChI=1S/C8H15F3N2O2.C8H11F3N2O2/c2*1-5(2)15-6(14)13-7(3,4-12)8(9,10)11/h5H,4,12H2,1-3H3,(H,13,14);5H,1-3H3,(H,13,14). The van der Waals surface area contributed by atoms with E-state index in [2.05, 4.69) is 9.47 Å². The van der Waals surface area contributed by atoms with Crippen LogP contribution in [0, 0.1) is 11.3 Å². The van der Waals surface area contributed by atoms with E-state index in [9.17, 15) is 35.9 Å². The van der Waals surface area contributed by atoms with Crippen molar-refractivity contribution in [2.45, 2.75) is 77.2 Å². The minimum atomic E-state index is -4.85. The SMILES string of the molecule is CC(C)OC(=O)NC(C)(C#N)C(F)(F)F.CC(C)OC(=O)NC(C)(CN)C(F)(F)F. The van der Waals surface area contributed by atoms with Gasteiger partial charge in [-0.05, 0) is 41.5 Å². The smallest absolute Gasteiger partial charge is 0.424 e. The van der Waals surface area contributed by atoms with Crippen molar-refractivity contribution in [3.05, 3.63) is 0 Å². The number of carbonyl (C=O) groups excluding carboxylic acids is 2. The van der Waals surface area contributed by atoms with Crippen LogP contribution in [0.3, 0.4) is 0 Å². The van der Waals surface area contributed by atoms with Gasteiger partial charge in [-0.15, -0.1) is 0 Å². The molecule has 0 aliphatic carbocycles. The maximum absolute atomic E-state index is 12.5. The van der Waals surface area contributed by atoms with Crippen molar-refractivity contribution in [1.82, 2.24) is 10.6 Å². The number of nitriles is 1. The van der Waals surface area contributed by atoms with Gasteiger partial charge < -0.3 is 20.5 Å². The van der Waals surface area contributed by atoms with Crippen LogP contribution in [0.5, 0.6) is 0 Å². The van der Waals surface area contributed by atoms with E-state index in [0.29, 0.717) is 6.92 Å². The molecule has 0 heterocycles. The Morgan fingerprint density at radius 3 is 1.50 bits per heavy atom. The first-order valence-corrected chi connectivity index (χ1v) is 8.47. The van der Waals surface area contributed by atoms with E-state index in [1.807, 2.05) is 0 Å². The number of nitrogens with one attached hydrogen (secondary N) is 2. The van der Waals surface area contributed by atoms with Gasteiger partial charge in [-0.2, -0.15) is 31.6 Å². The Morgan fingerprint density at radius 1 is 0.900 bits per heavy atom. The summed E-state index contributed by atoms with van der Waals surface area (Å²) in [5.74, 6) is 0. The second-order valence-corrected chi connectivity index (χ2v) is 6.93. The molecule has 30 heavy (non-hydrogen) atoms. The van der Waals surface area contributed by atoms with Crippen LogP contribution >= 0.6 is 0 Å². The summed E-state index contributed by atoms with van der Waals surface area (Å²) in [5, 5.41) is 11.5. The zero-order valence-corrected chi connectivity index (χ0v) is 17.3. The third-order valence-electron chi connectivity index (χ3n) is 3.24. The molecule has 0 fully saturated rings. The van der Waals surface area contributed by atoms with E-state index >= 15 is 0 Å². The Kier molecular flexibility index (Phi) is 11.0. The second-order valence-electron chi connectivity index (χ2n) is 6.93. The Balaban J connectivity index is 0. The molecule has 0 radical (unpaired) electrons. The van der Waals surface area contributed by atoms with E-state index in [1.54, 1.807) is 5.32 Å². The molecular weight excluding hydrogens is 426 g/mol. The highest BCUT2D eigenvalue weighted by atomic mass is 19.4. The van der Waals surface area contributed by atoms with Gasteiger partial charge in [0, 0.05) is 6.54 Å². The molecule has 0 rings (SSSR count). The largest absolute Gasteiger partial charge is 0.447 e. The van der Waals surface area contributed by atoms with Crippen LogP contribution in [0.25, 0.3) is 0 Å². The number of carbonyl (C=O) groups is 2. The third-order valence-corrected chi connectivity index (χ3v) is 3.24. The highest BCUT2D eigenvalue weighted by Gasteiger charge is 2.53. The van der Waals surface area contributed by atoms with E-state index in [4.69, 9.17) is 11.0 Å². The van der Waals surface area contributed by atoms with Crippen LogP contribution in [0.2, 0.25) is 0 Å². The van der Waals surface area contributed by atoms with Crippen molar-refractivity contribution in [2.75, 3.05) is 6.54 Å². The van der Waals surface area contributed by atoms with Crippen molar-refractivity contribution >= 4 is 12.2 Å². The summed E-state index contributed by atoms with van der Waals surface area (Å²) >= 11 is 0. The lowest BCUT2D eigenvalue weighted by atomic mass is 10.0. The molecule has 176 valence electrons. The maximum atomic E-state index is 12.5. The topological polar surface area (TPSA) is 126 Å². The molecule has 0 aliphatic rings. The summed E-state index contributed by atoms with van der Waals surface area (Å²) in [6.07, 6.45) is -12.9. The number of nitrogens with two attached hydrogens (primary N) is 1. The maximum Gasteiger partial charge on any atom is 0.424 e. The lowest BCUT2D eigenvalue weighted by Crippen LogP contribution is -2.61. The van der Waals surface area contributed by atoms with E-state index in [1.165, 1.54) is 33.0 Å². The first-order valence-electron chi connectivity index (χ1n) is 8.47. The molecule has 8 nitrogen and oxygen atoms in total. The van der Waals surface area contributed by atoms with Crippen LogP contribution in [0.15, 0.2) is 0 Å². The lowest BCUT2D eigenvalue weighted by molar-refractivity contribution is -0.186. The number of halogens is 6. The van der Waals surface area contributed by atoms with Crippen LogP contribution in [0.1, 0.15) is 41.5 Å². The summed E-state index contributed by atoms with van der Waals surface area (Å²) < 4.78 is 83.3. The number of amides is 2. The number of alkyl carbamates (subject to hydrolysis) is 2.